The largest absolute Gasteiger partial charge is 0.497 e. The first-order chi connectivity index (χ1) is 16.0. The molecule has 4 aromatic rings. The van der Waals surface area contributed by atoms with Crippen molar-refractivity contribution < 1.29 is 14.3 Å². The maximum atomic E-state index is 13.3. The summed E-state index contributed by atoms with van der Waals surface area (Å²) in [4.78, 5) is 17.3. The molecule has 2 aromatic heterocycles. The molecule has 0 spiro atoms. The second kappa shape index (κ2) is 9.56. The lowest BCUT2D eigenvalue weighted by Gasteiger charge is -2.11. The average molecular weight is 443 g/mol. The number of carbonyl (C=O) groups is 1. The zero-order valence-corrected chi connectivity index (χ0v) is 19.1. The van der Waals surface area contributed by atoms with Crippen LogP contribution < -0.4 is 14.8 Å². The predicted octanol–water partition coefficient (Wildman–Crippen LogP) is 4.50. The van der Waals surface area contributed by atoms with Crippen LogP contribution in [0, 0.1) is 13.8 Å². The summed E-state index contributed by atoms with van der Waals surface area (Å²) >= 11 is 0. The highest BCUT2D eigenvalue weighted by Gasteiger charge is 2.20. The molecule has 0 unspecified atom stereocenters. The molecule has 0 atom stereocenters. The normalized spacial score (nSPS) is 10.7. The van der Waals surface area contributed by atoms with Gasteiger partial charge in [-0.15, -0.1) is 0 Å². The van der Waals surface area contributed by atoms with Crippen LogP contribution in [0.25, 0.3) is 16.9 Å². The van der Waals surface area contributed by atoms with E-state index >= 15 is 0 Å². The molecule has 1 N–H and O–H groups in total. The highest BCUT2D eigenvalue weighted by atomic mass is 16.5. The molecule has 168 valence electrons. The zero-order chi connectivity index (χ0) is 23.4. The number of pyridine rings is 1. The molecule has 2 aromatic carbocycles. The van der Waals surface area contributed by atoms with Crippen LogP contribution in [0.1, 0.15) is 27.2 Å². The number of rotatable bonds is 7. The molecule has 2 heterocycles. The van der Waals surface area contributed by atoms with Crippen LogP contribution in [-0.4, -0.2) is 34.9 Å². The molecule has 33 heavy (non-hydrogen) atoms. The van der Waals surface area contributed by atoms with E-state index in [1.165, 1.54) is 0 Å². The van der Waals surface area contributed by atoms with E-state index < -0.39 is 0 Å². The van der Waals surface area contributed by atoms with E-state index in [1.807, 2.05) is 50.2 Å². The minimum absolute atomic E-state index is 0.224. The van der Waals surface area contributed by atoms with Gasteiger partial charge in [0.05, 0.1) is 25.6 Å². The van der Waals surface area contributed by atoms with Gasteiger partial charge in [-0.05, 0) is 61.4 Å². The number of aromatic nitrogens is 3. The van der Waals surface area contributed by atoms with Crippen molar-refractivity contribution in [3.63, 3.8) is 0 Å². The fourth-order valence-electron chi connectivity index (χ4n) is 3.68. The first kappa shape index (κ1) is 22.1. The molecule has 0 fully saturated rings. The van der Waals surface area contributed by atoms with Crippen LogP contribution in [0.2, 0.25) is 0 Å². The molecular formula is C26H26N4O3. The smallest absolute Gasteiger partial charge is 0.270 e. The van der Waals surface area contributed by atoms with Crippen molar-refractivity contribution in [2.24, 2.45) is 0 Å². The topological polar surface area (TPSA) is 78.3 Å². The van der Waals surface area contributed by atoms with Crippen molar-refractivity contribution >= 4 is 5.91 Å². The number of methoxy groups -OCH3 is 2. The number of amides is 1. The Morgan fingerprint density at radius 2 is 1.76 bits per heavy atom. The lowest BCUT2D eigenvalue weighted by atomic mass is 10.1. The summed E-state index contributed by atoms with van der Waals surface area (Å²) in [6.07, 6.45) is 3.41. The van der Waals surface area contributed by atoms with Crippen LogP contribution in [0.4, 0.5) is 0 Å². The number of hydrogen-bond acceptors (Lipinski definition) is 5. The number of aryl methyl sites for hydroxylation is 2. The lowest BCUT2D eigenvalue weighted by molar-refractivity contribution is 0.0943. The van der Waals surface area contributed by atoms with Crippen LogP contribution in [0.3, 0.4) is 0 Å². The number of ether oxygens (including phenoxy) is 2. The Kier molecular flexibility index (Phi) is 6.40. The number of nitrogens with zero attached hydrogens (tertiary/aromatic N) is 3. The maximum absolute atomic E-state index is 13.3. The quantitative estimate of drug-likeness (QED) is 0.456. The highest BCUT2D eigenvalue weighted by Crippen LogP contribution is 2.33. The minimum Gasteiger partial charge on any atom is -0.497 e. The maximum Gasteiger partial charge on any atom is 0.270 e. The molecule has 0 aliphatic carbocycles. The van der Waals surface area contributed by atoms with Gasteiger partial charge < -0.3 is 14.8 Å². The second-order valence-electron chi connectivity index (χ2n) is 7.72. The van der Waals surface area contributed by atoms with E-state index in [4.69, 9.17) is 14.6 Å². The highest BCUT2D eigenvalue weighted by molar-refractivity contribution is 5.94. The zero-order valence-electron chi connectivity index (χ0n) is 19.1. The molecule has 1 amide bonds. The Balaban J connectivity index is 1.77. The molecule has 0 aliphatic heterocycles. The minimum atomic E-state index is -0.224. The molecule has 7 heteroatoms. The van der Waals surface area contributed by atoms with Gasteiger partial charge in [-0.2, -0.15) is 5.10 Å². The van der Waals surface area contributed by atoms with E-state index in [0.29, 0.717) is 29.4 Å². The van der Waals surface area contributed by atoms with Crippen LogP contribution in [0.15, 0.2) is 67.0 Å². The Morgan fingerprint density at radius 1 is 0.970 bits per heavy atom. The monoisotopic (exact) mass is 442 g/mol. The average Bonchev–Trinajstić information content (AvgIpc) is 3.27. The number of hydrogen-bond donors (Lipinski definition) is 1. The van der Waals surface area contributed by atoms with E-state index in [9.17, 15) is 4.79 Å². The number of benzene rings is 2. The lowest BCUT2D eigenvalue weighted by Crippen LogP contribution is -2.25. The van der Waals surface area contributed by atoms with Crippen molar-refractivity contribution in [3.05, 3.63) is 89.4 Å². The third kappa shape index (κ3) is 4.72. The van der Waals surface area contributed by atoms with Crippen LogP contribution in [-0.2, 0) is 6.54 Å². The first-order valence-corrected chi connectivity index (χ1v) is 10.6. The SMILES string of the molecule is COc1ccc(-c2cc(C(=O)NCc3ccncc3)n(-c3ccc(C)cc3C)n2)c(OC)c1. The van der Waals surface area contributed by atoms with Gasteiger partial charge in [0.25, 0.3) is 5.91 Å². The third-order valence-electron chi connectivity index (χ3n) is 5.41. The van der Waals surface area contributed by atoms with Gasteiger partial charge in [-0.3, -0.25) is 9.78 Å². The number of nitrogens with one attached hydrogen (secondary N) is 1. The van der Waals surface area contributed by atoms with Crippen molar-refractivity contribution in [2.45, 2.75) is 20.4 Å². The van der Waals surface area contributed by atoms with Crippen LogP contribution in [0.5, 0.6) is 11.5 Å². The molecule has 7 nitrogen and oxygen atoms in total. The summed E-state index contributed by atoms with van der Waals surface area (Å²) < 4.78 is 12.6. The molecule has 0 bridgehead atoms. The summed E-state index contributed by atoms with van der Waals surface area (Å²) in [5, 5.41) is 7.80. The molecule has 0 saturated heterocycles. The van der Waals surface area contributed by atoms with E-state index in [0.717, 1.165) is 27.9 Å². The Hall–Kier alpha value is -4.13. The first-order valence-electron chi connectivity index (χ1n) is 10.6. The molecule has 0 aliphatic rings. The summed E-state index contributed by atoms with van der Waals surface area (Å²) in [5.41, 5.74) is 5.80. The van der Waals surface area contributed by atoms with Crippen LogP contribution >= 0.6 is 0 Å². The van der Waals surface area contributed by atoms with Gasteiger partial charge in [0.15, 0.2) is 0 Å². The van der Waals surface area contributed by atoms with E-state index in [1.54, 1.807) is 43.4 Å². The summed E-state index contributed by atoms with van der Waals surface area (Å²) in [5.74, 6) is 1.07. The molecule has 0 radical (unpaired) electrons. The Labute approximate surface area is 193 Å². The fourth-order valence-corrected chi connectivity index (χ4v) is 3.68. The third-order valence-corrected chi connectivity index (χ3v) is 5.41. The van der Waals surface area contributed by atoms with Gasteiger partial charge in [0.1, 0.15) is 17.2 Å². The van der Waals surface area contributed by atoms with Crippen molar-refractivity contribution in [1.29, 1.82) is 0 Å². The van der Waals surface area contributed by atoms with Gasteiger partial charge in [0, 0.05) is 30.6 Å². The standard InChI is InChI=1S/C26H26N4O3/c1-17-5-8-23(18(2)13-17)30-24(26(31)28-16-19-9-11-27-12-10-19)15-22(29-30)21-7-6-20(32-3)14-25(21)33-4/h5-15H,16H2,1-4H3,(H,28,31). The van der Waals surface area contributed by atoms with E-state index in [-0.39, 0.29) is 5.91 Å². The fraction of sp³-hybridized carbons (Fsp3) is 0.192. The summed E-state index contributed by atoms with van der Waals surface area (Å²) in [6, 6.07) is 17.1. The molecular weight excluding hydrogens is 416 g/mol. The van der Waals surface area contributed by atoms with Gasteiger partial charge in [-0.25, -0.2) is 4.68 Å². The second-order valence-corrected chi connectivity index (χ2v) is 7.72. The number of carbonyl (C=O) groups excluding carboxylic acids is 1. The van der Waals surface area contributed by atoms with Gasteiger partial charge in [-0.1, -0.05) is 17.7 Å². The van der Waals surface area contributed by atoms with Crippen molar-refractivity contribution in [3.8, 4) is 28.4 Å². The molecule has 0 saturated carbocycles. The Morgan fingerprint density at radius 3 is 2.45 bits per heavy atom. The molecule has 4 rings (SSSR count). The van der Waals surface area contributed by atoms with E-state index in [2.05, 4.69) is 16.4 Å². The van der Waals surface area contributed by atoms with Crippen molar-refractivity contribution in [2.75, 3.05) is 14.2 Å². The predicted molar refractivity (Wildman–Crippen MR) is 127 cm³/mol. The Bertz CT molecular complexity index is 1280. The van der Waals surface area contributed by atoms with Crippen molar-refractivity contribution in [1.82, 2.24) is 20.1 Å². The van der Waals surface area contributed by atoms with Gasteiger partial charge in [0.2, 0.25) is 0 Å². The van der Waals surface area contributed by atoms with Gasteiger partial charge >= 0.3 is 0 Å². The summed E-state index contributed by atoms with van der Waals surface area (Å²) in [7, 11) is 3.20. The summed E-state index contributed by atoms with van der Waals surface area (Å²) in [6.45, 7) is 4.44.